The highest BCUT2D eigenvalue weighted by Crippen LogP contribution is 1.98. The van der Waals surface area contributed by atoms with Gasteiger partial charge in [0.25, 0.3) is 0 Å². The van der Waals surface area contributed by atoms with Gasteiger partial charge in [-0.05, 0) is 31.4 Å². The van der Waals surface area contributed by atoms with Gasteiger partial charge in [0, 0.05) is 11.6 Å². The van der Waals surface area contributed by atoms with Crippen LogP contribution in [0.15, 0.2) is 11.6 Å². The first-order valence-corrected chi connectivity index (χ1v) is 5.57. The molecule has 11 heavy (non-hydrogen) atoms. The van der Waals surface area contributed by atoms with Crippen molar-refractivity contribution >= 4 is 23.4 Å². The Morgan fingerprint density at radius 1 is 1.55 bits per heavy atom. The van der Waals surface area contributed by atoms with Crippen molar-refractivity contribution in [2.75, 3.05) is 25.1 Å². The van der Waals surface area contributed by atoms with Crippen LogP contribution in [0.25, 0.3) is 0 Å². The first kappa shape index (κ1) is 11.3. The van der Waals surface area contributed by atoms with Crippen molar-refractivity contribution in [2.24, 2.45) is 0 Å². The monoisotopic (exact) mass is 193 g/mol. The van der Waals surface area contributed by atoms with Crippen LogP contribution in [0.4, 0.5) is 0 Å². The number of unbranched alkanes of at least 4 members (excludes halogenated alkanes) is 1. The molecule has 0 aromatic rings. The van der Waals surface area contributed by atoms with Gasteiger partial charge in [-0.3, -0.25) is 0 Å². The number of thioether (sulfide) groups is 1. The van der Waals surface area contributed by atoms with Crippen molar-refractivity contribution in [3.05, 3.63) is 11.6 Å². The Morgan fingerprint density at radius 3 is 2.82 bits per heavy atom. The molecule has 3 heteroatoms. The molecule has 1 N–H and O–H groups in total. The molecule has 0 bridgehead atoms. The molecule has 0 saturated heterocycles. The van der Waals surface area contributed by atoms with E-state index in [1.165, 1.54) is 18.6 Å². The molecule has 0 radical (unpaired) electrons. The van der Waals surface area contributed by atoms with E-state index in [-0.39, 0.29) is 0 Å². The van der Waals surface area contributed by atoms with Crippen LogP contribution in [0.3, 0.4) is 0 Å². The molecule has 0 heterocycles. The average molecular weight is 194 g/mol. The summed E-state index contributed by atoms with van der Waals surface area (Å²) in [4.78, 5) is 0. The molecule has 0 aliphatic carbocycles. The van der Waals surface area contributed by atoms with Crippen molar-refractivity contribution < 1.29 is 0 Å². The average Bonchev–Trinajstić information content (AvgIpc) is 1.96. The summed E-state index contributed by atoms with van der Waals surface area (Å²) in [5, 5.41) is 3.89. The fraction of sp³-hybridized carbons (Fsp3) is 0.750. The van der Waals surface area contributed by atoms with Crippen LogP contribution in [0.2, 0.25) is 0 Å². The molecule has 1 nitrogen and oxygen atoms in total. The molecule has 0 saturated carbocycles. The summed E-state index contributed by atoms with van der Waals surface area (Å²) in [6.45, 7) is 5.37. The predicted octanol–water partition coefficient (Wildman–Crippen LogP) is 2.47. The van der Waals surface area contributed by atoms with Crippen molar-refractivity contribution in [1.82, 2.24) is 5.32 Å². The van der Waals surface area contributed by atoms with Gasteiger partial charge in [-0.15, -0.1) is 0 Å². The fourth-order valence-corrected chi connectivity index (χ4v) is 1.31. The molecule has 0 aliphatic heterocycles. The van der Waals surface area contributed by atoms with E-state index in [4.69, 9.17) is 11.6 Å². The number of rotatable bonds is 7. The fourth-order valence-electron chi connectivity index (χ4n) is 0.720. The summed E-state index contributed by atoms with van der Waals surface area (Å²) in [5.41, 5.74) is 0. The van der Waals surface area contributed by atoms with Gasteiger partial charge in [0.15, 0.2) is 0 Å². The molecule has 66 valence electrons. The van der Waals surface area contributed by atoms with Gasteiger partial charge >= 0.3 is 0 Å². The maximum absolute atomic E-state index is 5.56. The first-order valence-electron chi connectivity index (χ1n) is 3.80. The van der Waals surface area contributed by atoms with Gasteiger partial charge in [-0.1, -0.05) is 18.2 Å². The topological polar surface area (TPSA) is 12.0 Å². The summed E-state index contributed by atoms with van der Waals surface area (Å²) in [7, 11) is 0. The number of hydrogen-bond donors (Lipinski definition) is 1. The highest BCUT2D eigenvalue weighted by molar-refractivity contribution is 7.98. The second kappa shape index (κ2) is 8.44. The molecule has 0 aliphatic rings. The van der Waals surface area contributed by atoms with E-state index in [9.17, 15) is 0 Å². The number of hydrogen-bond acceptors (Lipinski definition) is 2. The van der Waals surface area contributed by atoms with E-state index in [1.807, 2.05) is 11.8 Å². The molecule has 0 spiro atoms. The second-order valence-corrected chi connectivity index (χ2v) is 3.91. The highest BCUT2D eigenvalue weighted by atomic mass is 35.5. The second-order valence-electron chi connectivity index (χ2n) is 2.39. The Balaban J connectivity index is 2.85. The van der Waals surface area contributed by atoms with Crippen LogP contribution in [0.1, 0.15) is 12.8 Å². The summed E-state index contributed by atoms with van der Waals surface area (Å²) in [6, 6.07) is 0. The van der Waals surface area contributed by atoms with Gasteiger partial charge in [0.2, 0.25) is 0 Å². The maximum Gasteiger partial charge on any atom is 0.0307 e. The van der Waals surface area contributed by atoms with Crippen LogP contribution in [-0.2, 0) is 0 Å². The van der Waals surface area contributed by atoms with Crippen LogP contribution >= 0.6 is 23.4 Å². The lowest BCUT2D eigenvalue weighted by Gasteiger charge is -2.01. The third kappa shape index (κ3) is 10.3. The summed E-state index contributed by atoms with van der Waals surface area (Å²) in [6.07, 6.45) is 4.64. The van der Waals surface area contributed by atoms with Crippen molar-refractivity contribution in [1.29, 1.82) is 0 Å². The van der Waals surface area contributed by atoms with Gasteiger partial charge in [0.1, 0.15) is 0 Å². The lowest BCUT2D eigenvalue weighted by Crippen LogP contribution is -2.16. The van der Waals surface area contributed by atoms with Crippen LogP contribution in [0, 0.1) is 0 Å². The minimum absolute atomic E-state index is 0.690. The van der Waals surface area contributed by atoms with Crippen LogP contribution in [0.5, 0.6) is 0 Å². The molecular weight excluding hydrogens is 178 g/mol. The van der Waals surface area contributed by atoms with E-state index in [0.29, 0.717) is 5.03 Å². The quantitative estimate of drug-likeness (QED) is 0.624. The zero-order valence-electron chi connectivity index (χ0n) is 7.03. The Kier molecular flexibility index (Phi) is 8.70. The van der Waals surface area contributed by atoms with Crippen LogP contribution < -0.4 is 5.32 Å². The maximum atomic E-state index is 5.56. The Labute approximate surface area is 78.6 Å². The van der Waals surface area contributed by atoms with Gasteiger partial charge in [-0.2, -0.15) is 11.8 Å². The number of nitrogens with one attached hydrogen (secondary N) is 1. The smallest absolute Gasteiger partial charge is 0.0307 e. The van der Waals surface area contributed by atoms with E-state index < -0.39 is 0 Å². The minimum atomic E-state index is 0.690. The van der Waals surface area contributed by atoms with Crippen molar-refractivity contribution in [3.63, 3.8) is 0 Å². The molecule has 0 amide bonds. The molecule has 0 rings (SSSR count). The van der Waals surface area contributed by atoms with Crippen molar-refractivity contribution in [3.8, 4) is 0 Å². The van der Waals surface area contributed by atoms with Crippen LogP contribution in [-0.4, -0.2) is 25.1 Å². The first-order chi connectivity index (χ1) is 5.27. The highest BCUT2D eigenvalue weighted by Gasteiger charge is 1.89. The third-order valence-electron chi connectivity index (χ3n) is 1.27. The molecule has 0 aromatic carbocycles. The lowest BCUT2D eigenvalue weighted by molar-refractivity contribution is 0.682. The zero-order valence-corrected chi connectivity index (χ0v) is 8.60. The van der Waals surface area contributed by atoms with E-state index >= 15 is 0 Å². The Bertz CT molecular complexity index is 106. The van der Waals surface area contributed by atoms with Gasteiger partial charge in [-0.25, -0.2) is 0 Å². The Morgan fingerprint density at radius 2 is 2.27 bits per heavy atom. The SMILES string of the molecule is C=C(Cl)CNCCCCSC. The molecule has 0 aromatic heterocycles. The zero-order chi connectivity index (χ0) is 8.53. The van der Waals surface area contributed by atoms with Crippen molar-refractivity contribution in [2.45, 2.75) is 12.8 Å². The molecule has 0 fully saturated rings. The molecule has 0 unspecified atom stereocenters. The summed E-state index contributed by atoms with van der Waals surface area (Å²) >= 11 is 7.45. The molecule has 0 atom stereocenters. The summed E-state index contributed by atoms with van der Waals surface area (Å²) < 4.78 is 0. The third-order valence-corrected chi connectivity index (χ3v) is 2.10. The van der Waals surface area contributed by atoms with Gasteiger partial charge in [0.05, 0.1) is 0 Å². The lowest BCUT2D eigenvalue weighted by atomic mass is 10.3. The van der Waals surface area contributed by atoms with E-state index in [1.54, 1.807) is 0 Å². The predicted molar refractivity (Wildman–Crippen MR) is 55.5 cm³/mol. The van der Waals surface area contributed by atoms with E-state index in [0.717, 1.165) is 13.1 Å². The normalized spacial score (nSPS) is 10.0. The van der Waals surface area contributed by atoms with Gasteiger partial charge < -0.3 is 5.32 Å². The number of halogens is 1. The Hall–Kier alpha value is 0.340. The standard InChI is InChI=1S/C8H16ClNS/c1-8(9)7-10-5-3-4-6-11-2/h10H,1,3-7H2,2H3. The minimum Gasteiger partial charge on any atom is -0.312 e. The molecular formula is C8H16ClNS. The largest absolute Gasteiger partial charge is 0.312 e. The summed E-state index contributed by atoms with van der Waals surface area (Å²) in [5.74, 6) is 1.25. The van der Waals surface area contributed by atoms with E-state index in [2.05, 4.69) is 18.2 Å².